The molecule has 8 nitrogen and oxygen atoms in total. The molecule has 1 fully saturated rings. The zero-order valence-corrected chi connectivity index (χ0v) is 10.7. The van der Waals surface area contributed by atoms with Crippen LogP contribution in [0.15, 0.2) is 0 Å². The maximum atomic E-state index is 11.9. The van der Waals surface area contributed by atoms with E-state index in [-0.39, 0.29) is 6.54 Å². The van der Waals surface area contributed by atoms with E-state index in [0.717, 1.165) is 0 Å². The number of hydrogen-bond acceptors (Lipinski definition) is 4. The van der Waals surface area contributed by atoms with Gasteiger partial charge in [-0.3, -0.25) is 4.79 Å². The van der Waals surface area contributed by atoms with Crippen LogP contribution in [0.5, 0.6) is 0 Å². The highest BCUT2D eigenvalue weighted by atomic mass is 16.4. The van der Waals surface area contributed by atoms with Crippen LogP contribution < -0.4 is 11.1 Å². The van der Waals surface area contributed by atoms with Crippen LogP contribution in [-0.2, 0) is 9.59 Å². The van der Waals surface area contributed by atoms with E-state index in [0.29, 0.717) is 19.4 Å². The van der Waals surface area contributed by atoms with Crippen LogP contribution in [0.2, 0.25) is 0 Å². The molecule has 1 saturated heterocycles. The number of carbonyl (C=O) groups excluding carboxylic acids is 2. The van der Waals surface area contributed by atoms with E-state index in [2.05, 4.69) is 5.32 Å². The van der Waals surface area contributed by atoms with Crippen molar-refractivity contribution < 1.29 is 24.6 Å². The molecule has 0 radical (unpaired) electrons. The van der Waals surface area contributed by atoms with Crippen LogP contribution in [0, 0.1) is 5.92 Å². The number of urea groups is 1. The molecule has 0 aromatic carbocycles. The van der Waals surface area contributed by atoms with Crippen molar-refractivity contribution in [3.05, 3.63) is 0 Å². The van der Waals surface area contributed by atoms with Crippen molar-refractivity contribution in [2.24, 2.45) is 11.7 Å². The van der Waals surface area contributed by atoms with Gasteiger partial charge in [0.15, 0.2) is 6.04 Å². The Kier molecular flexibility index (Phi) is 5.11. The molecule has 0 aromatic heterocycles. The second-order valence-electron chi connectivity index (χ2n) is 4.69. The number of likely N-dealkylation sites (tertiary alicyclic amines) is 1. The lowest BCUT2D eigenvalue weighted by Crippen LogP contribution is -2.55. The van der Waals surface area contributed by atoms with Gasteiger partial charge >= 0.3 is 12.0 Å². The summed E-state index contributed by atoms with van der Waals surface area (Å²) < 4.78 is 0. The first-order chi connectivity index (χ1) is 8.82. The molecule has 1 aliphatic heterocycles. The van der Waals surface area contributed by atoms with E-state index in [9.17, 15) is 19.5 Å². The molecule has 0 aromatic rings. The summed E-state index contributed by atoms with van der Waals surface area (Å²) in [5.74, 6) is -2.19. The van der Waals surface area contributed by atoms with Crippen LogP contribution in [0.1, 0.15) is 19.8 Å². The van der Waals surface area contributed by atoms with E-state index in [1.54, 1.807) is 0 Å². The number of nitrogens with two attached hydrogens (primary N) is 1. The zero-order valence-electron chi connectivity index (χ0n) is 10.7. The topological polar surface area (TPSA) is 133 Å². The predicted molar refractivity (Wildman–Crippen MR) is 65.1 cm³/mol. The number of carboxylic acids is 1. The van der Waals surface area contributed by atoms with E-state index < -0.39 is 36.0 Å². The number of nitrogens with one attached hydrogen (secondary N) is 1. The lowest BCUT2D eigenvalue weighted by Gasteiger charge is -2.32. The smallest absolute Gasteiger partial charge is 0.328 e. The predicted octanol–water partition coefficient (Wildman–Crippen LogP) is -1.27. The maximum Gasteiger partial charge on any atom is 0.328 e. The van der Waals surface area contributed by atoms with Gasteiger partial charge < -0.3 is 26.2 Å². The van der Waals surface area contributed by atoms with Crippen LogP contribution in [-0.4, -0.2) is 58.3 Å². The third kappa shape index (κ3) is 4.09. The molecule has 0 aliphatic carbocycles. The summed E-state index contributed by atoms with van der Waals surface area (Å²) >= 11 is 0. The number of carbonyl (C=O) groups is 3. The minimum atomic E-state index is -1.37. The summed E-state index contributed by atoms with van der Waals surface area (Å²) in [7, 11) is 0. The molecule has 5 N–H and O–H groups in total. The highest BCUT2D eigenvalue weighted by molar-refractivity contribution is 5.84. The number of aliphatic carboxylic acids is 1. The second-order valence-corrected chi connectivity index (χ2v) is 4.69. The molecule has 1 rings (SSSR count). The molecule has 0 saturated carbocycles. The van der Waals surface area contributed by atoms with Crippen molar-refractivity contribution in [2.75, 3.05) is 13.1 Å². The fourth-order valence-electron chi connectivity index (χ4n) is 2.01. The Morgan fingerprint density at radius 3 is 2.53 bits per heavy atom. The summed E-state index contributed by atoms with van der Waals surface area (Å²) in [6.07, 6.45) is 0.0453. The molecule has 3 atom stereocenters. The lowest BCUT2D eigenvalue weighted by molar-refractivity contribution is -0.142. The highest BCUT2D eigenvalue weighted by Crippen LogP contribution is 2.16. The van der Waals surface area contributed by atoms with Crippen molar-refractivity contribution in [3.63, 3.8) is 0 Å². The molecule has 0 spiro atoms. The van der Waals surface area contributed by atoms with E-state index in [1.165, 1.54) is 11.8 Å². The normalized spacial score (nSPS) is 22.4. The van der Waals surface area contributed by atoms with Gasteiger partial charge in [0.25, 0.3) is 0 Å². The van der Waals surface area contributed by atoms with Gasteiger partial charge in [-0.15, -0.1) is 0 Å². The van der Waals surface area contributed by atoms with Crippen molar-refractivity contribution >= 4 is 17.9 Å². The molecule has 3 unspecified atom stereocenters. The molecule has 8 heteroatoms. The number of rotatable bonds is 4. The Morgan fingerprint density at radius 1 is 1.42 bits per heavy atom. The Bertz CT molecular complexity index is 371. The average molecular weight is 273 g/mol. The molecular formula is C11H19N3O5. The van der Waals surface area contributed by atoms with Gasteiger partial charge in [0.1, 0.15) is 0 Å². The quantitative estimate of drug-likeness (QED) is 0.506. The highest BCUT2D eigenvalue weighted by Gasteiger charge is 2.31. The minimum Gasteiger partial charge on any atom is -0.480 e. The second kappa shape index (κ2) is 6.37. The minimum absolute atomic E-state index is 0.174. The number of carboxylic acid groups (broad SMARTS) is 1. The molecule has 1 heterocycles. The first-order valence-corrected chi connectivity index (χ1v) is 6.08. The summed E-state index contributed by atoms with van der Waals surface area (Å²) in [5, 5.41) is 20.4. The van der Waals surface area contributed by atoms with Gasteiger partial charge in [-0.05, 0) is 19.8 Å². The van der Waals surface area contributed by atoms with Crippen LogP contribution in [0.25, 0.3) is 0 Å². The van der Waals surface area contributed by atoms with Crippen LogP contribution >= 0.6 is 0 Å². The fraction of sp³-hybridized carbons (Fsp3) is 0.727. The number of primary amides is 1. The van der Waals surface area contributed by atoms with E-state index >= 15 is 0 Å². The molecule has 108 valence electrons. The van der Waals surface area contributed by atoms with Gasteiger partial charge in [0, 0.05) is 13.1 Å². The summed E-state index contributed by atoms with van der Waals surface area (Å²) in [5.41, 5.74) is 5.20. The summed E-state index contributed by atoms with van der Waals surface area (Å²) in [6, 6.07) is -1.99. The average Bonchev–Trinajstić information content (AvgIpc) is 2.34. The molecule has 1 aliphatic rings. The van der Waals surface area contributed by atoms with Crippen molar-refractivity contribution in [1.82, 2.24) is 10.2 Å². The van der Waals surface area contributed by atoms with Gasteiger partial charge in [-0.2, -0.15) is 0 Å². The summed E-state index contributed by atoms with van der Waals surface area (Å²) in [6.45, 7) is 1.89. The largest absolute Gasteiger partial charge is 0.480 e. The third-order valence-electron chi connectivity index (χ3n) is 3.14. The van der Waals surface area contributed by atoms with Crippen LogP contribution in [0.3, 0.4) is 0 Å². The first-order valence-electron chi connectivity index (χ1n) is 6.08. The van der Waals surface area contributed by atoms with E-state index in [1.807, 2.05) is 0 Å². The van der Waals surface area contributed by atoms with Crippen molar-refractivity contribution in [1.29, 1.82) is 0 Å². The standard InChI is InChI=1S/C11H19N3O5/c1-6(15)8(10(17)18)13-11(19)14-4-2-3-7(5-14)9(12)16/h6-8,15H,2-5H2,1H3,(H2,12,16)(H,13,19)(H,17,18). The Hall–Kier alpha value is -1.83. The molecule has 0 bridgehead atoms. The number of aliphatic hydroxyl groups is 1. The lowest BCUT2D eigenvalue weighted by atomic mass is 9.98. The molecule has 19 heavy (non-hydrogen) atoms. The first kappa shape index (κ1) is 15.2. The Balaban J connectivity index is 2.62. The molecular weight excluding hydrogens is 254 g/mol. The number of aliphatic hydroxyl groups excluding tert-OH is 1. The monoisotopic (exact) mass is 273 g/mol. The van der Waals surface area contributed by atoms with Gasteiger partial charge in [0.2, 0.25) is 5.91 Å². The molecule has 3 amide bonds. The van der Waals surface area contributed by atoms with Crippen LogP contribution in [0.4, 0.5) is 4.79 Å². The van der Waals surface area contributed by atoms with Gasteiger partial charge in [-0.25, -0.2) is 9.59 Å². The Morgan fingerprint density at radius 2 is 2.05 bits per heavy atom. The van der Waals surface area contributed by atoms with E-state index in [4.69, 9.17) is 10.8 Å². The SMILES string of the molecule is CC(O)C(NC(=O)N1CCCC(C(N)=O)C1)C(=O)O. The maximum absolute atomic E-state index is 11.9. The fourth-order valence-corrected chi connectivity index (χ4v) is 2.01. The number of nitrogens with zero attached hydrogens (tertiary/aromatic N) is 1. The number of amides is 3. The van der Waals surface area contributed by atoms with Crippen molar-refractivity contribution in [2.45, 2.75) is 31.9 Å². The van der Waals surface area contributed by atoms with Gasteiger partial charge in [0.05, 0.1) is 12.0 Å². The zero-order chi connectivity index (χ0) is 14.6. The number of hydrogen-bond donors (Lipinski definition) is 4. The summed E-state index contributed by atoms with van der Waals surface area (Å²) in [4.78, 5) is 35.2. The Labute approximate surface area is 110 Å². The third-order valence-corrected chi connectivity index (χ3v) is 3.14. The van der Waals surface area contributed by atoms with Gasteiger partial charge in [-0.1, -0.05) is 0 Å². The van der Waals surface area contributed by atoms with Crippen molar-refractivity contribution in [3.8, 4) is 0 Å². The number of piperidine rings is 1.